The number of carbonyl (C=O) groups excluding carboxylic acids is 1. The van der Waals surface area contributed by atoms with Gasteiger partial charge in [-0.2, -0.15) is 0 Å². The van der Waals surface area contributed by atoms with E-state index in [0.717, 1.165) is 23.3 Å². The highest BCUT2D eigenvalue weighted by atomic mass is 32.2. The van der Waals surface area contributed by atoms with Crippen molar-refractivity contribution >= 4 is 29.9 Å². The van der Waals surface area contributed by atoms with E-state index >= 15 is 0 Å². The molecule has 1 aromatic rings. The van der Waals surface area contributed by atoms with E-state index in [0.29, 0.717) is 6.42 Å². The Morgan fingerprint density at radius 2 is 2.21 bits per heavy atom. The van der Waals surface area contributed by atoms with Crippen molar-refractivity contribution in [3.63, 3.8) is 0 Å². The van der Waals surface area contributed by atoms with Crippen LogP contribution in [0.5, 0.6) is 0 Å². The Morgan fingerprint density at radius 1 is 1.42 bits per heavy atom. The zero-order chi connectivity index (χ0) is 17.5. The number of furan rings is 1. The van der Waals surface area contributed by atoms with E-state index < -0.39 is 23.9 Å². The summed E-state index contributed by atoms with van der Waals surface area (Å²) in [6, 6.07) is 0. The SMILES string of the molecule is CS(=O)CCC(=O)N[C@@H](Cc1coc2c1/C=C\CC=CC2)B(O)O. The number of fused-ring (bicyclic) bond motifs is 1. The van der Waals surface area contributed by atoms with Crippen molar-refractivity contribution in [3.8, 4) is 0 Å². The number of hydrogen-bond donors (Lipinski definition) is 3. The second-order valence-corrected chi connectivity index (χ2v) is 7.29. The molecule has 24 heavy (non-hydrogen) atoms. The van der Waals surface area contributed by atoms with Crippen molar-refractivity contribution in [1.82, 2.24) is 5.32 Å². The second-order valence-electron chi connectivity index (χ2n) is 5.73. The van der Waals surface area contributed by atoms with Gasteiger partial charge in [-0.3, -0.25) is 9.00 Å². The molecular formula is C16H22BNO5S. The van der Waals surface area contributed by atoms with E-state index in [2.05, 4.69) is 11.4 Å². The summed E-state index contributed by atoms with van der Waals surface area (Å²) in [5.74, 6) is -0.140. The number of allylic oxidation sites excluding steroid dienone is 3. The van der Waals surface area contributed by atoms with Gasteiger partial charge in [-0.05, 0) is 18.4 Å². The van der Waals surface area contributed by atoms with E-state index in [1.807, 2.05) is 18.2 Å². The van der Waals surface area contributed by atoms with Crippen molar-refractivity contribution in [2.24, 2.45) is 0 Å². The monoisotopic (exact) mass is 351 g/mol. The standard InChI is InChI=1S/C16H22BNO5S/c1-24(22)9-8-16(19)18-15(17(20)21)10-12-11-23-14-7-5-3-2-4-6-13(12)14/h3-6,11,15,20-21H,2,7-10H2,1H3,(H,18,19)/b5-3?,6-4-/t15-,24?/m0/s1. The molecule has 2 atom stereocenters. The minimum atomic E-state index is -1.69. The lowest BCUT2D eigenvalue weighted by Crippen LogP contribution is -2.48. The fourth-order valence-electron chi connectivity index (χ4n) is 2.50. The van der Waals surface area contributed by atoms with Gasteiger partial charge in [0.2, 0.25) is 5.91 Å². The van der Waals surface area contributed by atoms with Crippen LogP contribution in [-0.4, -0.2) is 45.2 Å². The highest BCUT2D eigenvalue weighted by Gasteiger charge is 2.27. The van der Waals surface area contributed by atoms with Crippen LogP contribution in [0.1, 0.15) is 29.7 Å². The molecule has 1 unspecified atom stereocenters. The fourth-order valence-corrected chi connectivity index (χ4v) is 2.97. The molecule has 0 aliphatic heterocycles. The lowest BCUT2D eigenvalue weighted by molar-refractivity contribution is -0.121. The van der Waals surface area contributed by atoms with Gasteiger partial charge in [-0.25, -0.2) is 0 Å². The molecule has 8 heteroatoms. The summed E-state index contributed by atoms with van der Waals surface area (Å²) < 4.78 is 16.6. The first-order valence-corrected chi connectivity index (χ1v) is 9.56. The van der Waals surface area contributed by atoms with Gasteiger partial charge in [0.1, 0.15) is 5.76 Å². The quantitative estimate of drug-likeness (QED) is 0.494. The average molecular weight is 351 g/mol. The molecule has 1 amide bonds. The maximum absolute atomic E-state index is 11.9. The molecule has 0 spiro atoms. The Balaban J connectivity index is 2.07. The Labute approximate surface area is 144 Å². The number of rotatable bonds is 7. The first-order valence-electron chi connectivity index (χ1n) is 7.83. The molecule has 1 aliphatic carbocycles. The summed E-state index contributed by atoms with van der Waals surface area (Å²) in [4.78, 5) is 11.9. The highest BCUT2D eigenvalue weighted by molar-refractivity contribution is 7.84. The molecule has 3 N–H and O–H groups in total. The lowest BCUT2D eigenvalue weighted by Gasteiger charge is -2.17. The third-order valence-electron chi connectivity index (χ3n) is 3.78. The molecule has 0 fully saturated rings. The maximum atomic E-state index is 11.9. The summed E-state index contributed by atoms with van der Waals surface area (Å²) in [6.45, 7) is 0. The molecule has 0 saturated carbocycles. The highest BCUT2D eigenvalue weighted by Crippen LogP contribution is 2.23. The molecule has 0 radical (unpaired) electrons. The van der Waals surface area contributed by atoms with Gasteiger partial charge in [0.15, 0.2) is 0 Å². The Hall–Kier alpha value is -1.64. The molecule has 2 rings (SSSR count). The average Bonchev–Trinajstić information content (AvgIpc) is 2.85. The minimum absolute atomic E-state index is 0.0839. The first kappa shape index (κ1) is 18.7. The summed E-state index contributed by atoms with van der Waals surface area (Å²) in [6.07, 6.45) is 13.0. The molecule has 1 aliphatic rings. The van der Waals surface area contributed by atoms with Crippen LogP contribution in [0.4, 0.5) is 0 Å². The molecule has 1 aromatic heterocycles. The van der Waals surface area contributed by atoms with Crippen molar-refractivity contribution in [1.29, 1.82) is 0 Å². The normalized spacial score (nSPS) is 17.3. The van der Waals surface area contributed by atoms with Crippen LogP contribution in [0.25, 0.3) is 6.08 Å². The number of amides is 1. The van der Waals surface area contributed by atoms with Crippen LogP contribution in [0.15, 0.2) is 28.9 Å². The van der Waals surface area contributed by atoms with E-state index in [-0.39, 0.29) is 24.5 Å². The maximum Gasteiger partial charge on any atom is 0.475 e. The Bertz CT molecular complexity index is 653. The third kappa shape index (κ3) is 5.47. The van der Waals surface area contributed by atoms with E-state index in [1.54, 1.807) is 6.26 Å². The van der Waals surface area contributed by atoms with E-state index in [9.17, 15) is 19.1 Å². The summed E-state index contributed by atoms with van der Waals surface area (Å²) >= 11 is 0. The summed E-state index contributed by atoms with van der Waals surface area (Å²) in [7, 11) is -2.76. The predicted molar refractivity (Wildman–Crippen MR) is 94.6 cm³/mol. The molecule has 130 valence electrons. The molecule has 6 nitrogen and oxygen atoms in total. The second kappa shape index (κ2) is 9.01. The molecule has 0 aromatic carbocycles. The number of hydrogen-bond acceptors (Lipinski definition) is 5. The van der Waals surface area contributed by atoms with Gasteiger partial charge in [0.05, 0.1) is 12.2 Å². The van der Waals surface area contributed by atoms with Crippen LogP contribution >= 0.6 is 0 Å². The topological polar surface area (TPSA) is 99.8 Å². The van der Waals surface area contributed by atoms with Gasteiger partial charge in [0.25, 0.3) is 0 Å². The van der Waals surface area contributed by atoms with Gasteiger partial charge in [-0.1, -0.05) is 24.3 Å². The van der Waals surface area contributed by atoms with E-state index in [4.69, 9.17) is 4.42 Å². The van der Waals surface area contributed by atoms with Crippen LogP contribution in [0.2, 0.25) is 0 Å². The largest absolute Gasteiger partial charge is 0.475 e. The van der Waals surface area contributed by atoms with Gasteiger partial charge >= 0.3 is 7.12 Å². The third-order valence-corrected chi connectivity index (χ3v) is 4.56. The van der Waals surface area contributed by atoms with Crippen LogP contribution in [0.3, 0.4) is 0 Å². The molecular weight excluding hydrogens is 329 g/mol. The lowest BCUT2D eigenvalue weighted by atomic mass is 9.75. The molecule has 0 saturated heterocycles. The first-order chi connectivity index (χ1) is 11.5. The Morgan fingerprint density at radius 3 is 2.92 bits per heavy atom. The Kier molecular flexibility index (Phi) is 7.02. The zero-order valence-corrected chi connectivity index (χ0v) is 14.4. The van der Waals surface area contributed by atoms with Gasteiger partial charge in [-0.15, -0.1) is 0 Å². The summed E-state index contributed by atoms with van der Waals surface area (Å²) in [5, 5.41) is 21.7. The van der Waals surface area contributed by atoms with Crippen molar-refractivity contribution in [2.45, 2.75) is 31.6 Å². The number of nitrogens with one attached hydrogen (secondary N) is 1. The van der Waals surface area contributed by atoms with Gasteiger partial charge < -0.3 is 19.8 Å². The summed E-state index contributed by atoms with van der Waals surface area (Å²) in [5.41, 5.74) is 1.74. The van der Waals surface area contributed by atoms with Crippen LogP contribution in [0, 0.1) is 0 Å². The predicted octanol–water partition coefficient (Wildman–Crippen LogP) is 0.603. The molecule has 0 bridgehead atoms. The van der Waals surface area contributed by atoms with E-state index in [1.165, 1.54) is 6.26 Å². The van der Waals surface area contributed by atoms with Crippen molar-refractivity contribution in [2.75, 3.05) is 12.0 Å². The van der Waals surface area contributed by atoms with Crippen LogP contribution in [-0.2, 0) is 28.4 Å². The van der Waals surface area contributed by atoms with Crippen molar-refractivity contribution in [3.05, 3.63) is 41.4 Å². The van der Waals surface area contributed by atoms with Gasteiger partial charge in [0, 0.05) is 41.2 Å². The minimum Gasteiger partial charge on any atom is -0.468 e. The van der Waals surface area contributed by atoms with Crippen molar-refractivity contribution < 1.29 is 23.5 Å². The zero-order valence-electron chi connectivity index (χ0n) is 13.6. The number of carbonyl (C=O) groups is 1. The van der Waals surface area contributed by atoms with Crippen LogP contribution < -0.4 is 5.32 Å². The smallest absolute Gasteiger partial charge is 0.468 e. The molecule has 1 heterocycles. The fraction of sp³-hybridized carbons (Fsp3) is 0.438.